The van der Waals surface area contributed by atoms with Crippen molar-refractivity contribution in [3.8, 4) is 0 Å². The maximum absolute atomic E-state index is 11.7. The molecule has 6 heteroatoms. The van der Waals surface area contributed by atoms with Crippen molar-refractivity contribution in [2.24, 2.45) is 5.41 Å². The summed E-state index contributed by atoms with van der Waals surface area (Å²) in [5.41, 5.74) is 6.24. The number of rotatable bonds is 1. The number of carbonyl (C=O) groups excluding carboxylic acids is 1. The molecule has 0 aliphatic heterocycles. The Labute approximate surface area is 117 Å². The number of thiocarbonyl (C=S) groups is 1. The minimum atomic E-state index is -0.503. The number of nitrogen functional groups attached to an aromatic ring is 1. The predicted molar refractivity (Wildman–Crippen MR) is 79.7 cm³/mol. The van der Waals surface area contributed by atoms with Gasteiger partial charge in [-0.1, -0.05) is 32.4 Å². The van der Waals surface area contributed by atoms with Crippen molar-refractivity contribution in [3.63, 3.8) is 0 Å². The molecule has 0 aliphatic rings. The molecule has 0 bridgehead atoms. The summed E-state index contributed by atoms with van der Waals surface area (Å²) in [6.45, 7) is 5.42. The van der Waals surface area contributed by atoms with Crippen LogP contribution in [-0.2, 0) is 4.79 Å². The van der Waals surface area contributed by atoms with Gasteiger partial charge in [-0.15, -0.1) is 0 Å². The van der Waals surface area contributed by atoms with Crippen molar-refractivity contribution >= 4 is 46.2 Å². The Morgan fingerprint density at radius 2 is 2.00 bits per heavy atom. The zero-order chi connectivity index (χ0) is 13.9. The summed E-state index contributed by atoms with van der Waals surface area (Å²) in [6.07, 6.45) is 0. The fraction of sp³-hybridized carbons (Fsp3) is 0.333. The van der Waals surface area contributed by atoms with Gasteiger partial charge in [-0.2, -0.15) is 0 Å². The van der Waals surface area contributed by atoms with Crippen molar-refractivity contribution in [1.29, 1.82) is 0 Å². The molecule has 0 aromatic heterocycles. The van der Waals surface area contributed by atoms with Crippen LogP contribution in [0.3, 0.4) is 0 Å². The number of carbonyl (C=O) groups is 1. The number of hydrogen-bond acceptors (Lipinski definition) is 3. The van der Waals surface area contributed by atoms with E-state index in [0.29, 0.717) is 16.4 Å². The first-order valence-electron chi connectivity index (χ1n) is 5.37. The average Bonchev–Trinajstić information content (AvgIpc) is 2.20. The predicted octanol–water partition coefficient (Wildman–Crippen LogP) is 2.78. The SMILES string of the molecule is CC(C)(C)C(=O)NC(=S)Nc1ccc(N)cc1Cl. The van der Waals surface area contributed by atoms with Gasteiger partial charge >= 0.3 is 0 Å². The second kappa shape index (κ2) is 5.54. The quantitative estimate of drug-likeness (QED) is 0.548. The Balaban J connectivity index is 2.68. The Morgan fingerprint density at radius 1 is 1.39 bits per heavy atom. The highest BCUT2D eigenvalue weighted by Crippen LogP contribution is 2.24. The summed E-state index contributed by atoms with van der Waals surface area (Å²) in [5, 5.41) is 6.11. The molecule has 98 valence electrons. The number of hydrogen-bond donors (Lipinski definition) is 3. The Hall–Kier alpha value is -1.33. The van der Waals surface area contributed by atoms with Crippen molar-refractivity contribution in [3.05, 3.63) is 23.2 Å². The first-order chi connectivity index (χ1) is 8.20. The van der Waals surface area contributed by atoms with Crippen LogP contribution in [-0.4, -0.2) is 11.0 Å². The van der Waals surface area contributed by atoms with E-state index >= 15 is 0 Å². The van der Waals surface area contributed by atoms with Crippen molar-refractivity contribution in [2.75, 3.05) is 11.1 Å². The fourth-order valence-electron chi connectivity index (χ4n) is 1.08. The minimum Gasteiger partial charge on any atom is -0.399 e. The lowest BCUT2D eigenvalue weighted by molar-refractivity contribution is -0.126. The standard InChI is InChI=1S/C12H16ClN3OS/c1-12(2,3)10(17)16-11(18)15-9-5-4-7(14)6-8(9)13/h4-6H,14H2,1-3H3,(H2,15,16,17,18). The number of benzene rings is 1. The number of nitrogens with one attached hydrogen (secondary N) is 2. The summed E-state index contributed by atoms with van der Waals surface area (Å²) in [7, 11) is 0. The average molecular weight is 286 g/mol. The smallest absolute Gasteiger partial charge is 0.231 e. The molecule has 1 rings (SSSR count). The normalized spacial score (nSPS) is 10.9. The van der Waals surface area contributed by atoms with E-state index in [4.69, 9.17) is 29.6 Å². The maximum atomic E-state index is 11.7. The van der Waals surface area contributed by atoms with Gasteiger partial charge in [0, 0.05) is 11.1 Å². The largest absolute Gasteiger partial charge is 0.399 e. The topological polar surface area (TPSA) is 67.2 Å². The minimum absolute atomic E-state index is 0.161. The molecule has 1 amide bonds. The van der Waals surface area contributed by atoms with Gasteiger partial charge in [-0.25, -0.2) is 0 Å². The van der Waals surface area contributed by atoms with Crippen LogP contribution < -0.4 is 16.4 Å². The van der Waals surface area contributed by atoms with Crippen LogP contribution in [0.15, 0.2) is 18.2 Å². The molecule has 4 N–H and O–H groups in total. The van der Waals surface area contributed by atoms with Crippen LogP contribution in [0.4, 0.5) is 11.4 Å². The molecule has 0 saturated carbocycles. The van der Waals surface area contributed by atoms with E-state index < -0.39 is 5.41 Å². The highest BCUT2D eigenvalue weighted by atomic mass is 35.5. The lowest BCUT2D eigenvalue weighted by atomic mass is 9.96. The van der Waals surface area contributed by atoms with Crippen molar-refractivity contribution < 1.29 is 4.79 Å². The highest BCUT2D eigenvalue weighted by molar-refractivity contribution is 7.80. The molecule has 1 aromatic rings. The third-order valence-electron chi connectivity index (χ3n) is 2.15. The van der Waals surface area contributed by atoms with E-state index in [-0.39, 0.29) is 11.0 Å². The molecule has 0 fully saturated rings. The number of anilines is 2. The van der Waals surface area contributed by atoms with Crippen molar-refractivity contribution in [1.82, 2.24) is 5.32 Å². The van der Waals surface area contributed by atoms with Gasteiger partial charge in [0.2, 0.25) is 5.91 Å². The Kier molecular flexibility index (Phi) is 4.53. The first kappa shape index (κ1) is 14.7. The van der Waals surface area contributed by atoms with Crippen LogP contribution in [0.5, 0.6) is 0 Å². The monoisotopic (exact) mass is 285 g/mol. The van der Waals surface area contributed by atoms with E-state index in [1.807, 2.05) is 0 Å². The molecule has 1 aromatic carbocycles. The van der Waals surface area contributed by atoms with Crippen LogP contribution in [0.2, 0.25) is 5.02 Å². The van der Waals surface area contributed by atoms with Gasteiger partial charge in [-0.05, 0) is 30.4 Å². The zero-order valence-electron chi connectivity index (χ0n) is 10.5. The molecule has 18 heavy (non-hydrogen) atoms. The second-order valence-corrected chi connectivity index (χ2v) is 5.71. The first-order valence-corrected chi connectivity index (χ1v) is 6.16. The van der Waals surface area contributed by atoms with E-state index in [9.17, 15) is 4.79 Å². The van der Waals surface area contributed by atoms with Crippen LogP contribution in [0.25, 0.3) is 0 Å². The lowest BCUT2D eigenvalue weighted by Gasteiger charge is -2.18. The van der Waals surface area contributed by atoms with Crippen LogP contribution in [0.1, 0.15) is 20.8 Å². The Bertz CT molecular complexity index is 483. The van der Waals surface area contributed by atoms with Gasteiger partial charge in [0.1, 0.15) is 0 Å². The molecule has 4 nitrogen and oxygen atoms in total. The molecule has 0 heterocycles. The third kappa shape index (κ3) is 4.16. The summed E-state index contributed by atoms with van der Waals surface area (Å²) in [6, 6.07) is 5.01. The number of amides is 1. The molecule has 0 spiro atoms. The van der Waals surface area contributed by atoms with E-state index in [0.717, 1.165) is 0 Å². The molecule has 0 saturated heterocycles. The number of halogens is 1. The molecular weight excluding hydrogens is 270 g/mol. The molecule has 0 radical (unpaired) electrons. The second-order valence-electron chi connectivity index (χ2n) is 4.90. The van der Waals surface area contributed by atoms with Crippen molar-refractivity contribution in [2.45, 2.75) is 20.8 Å². The van der Waals surface area contributed by atoms with Crippen LogP contribution in [0, 0.1) is 5.41 Å². The van der Waals surface area contributed by atoms with Gasteiger partial charge in [0.25, 0.3) is 0 Å². The summed E-state index contributed by atoms with van der Waals surface area (Å²) < 4.78 is 0. The van der Waals surface area contributed by atoms with E-state index in [1.54, 1.807) is 39.0 Å². The Morgan fingerprint density at radius 3 is 2.50 bits per heavy atom. The zero-order valence-corrected chi connectivity index (χ0v) is 12.1. The van der Waals surface area contributed by atoms with Gasteiger partial charge in [0.05, 0.1) is 10.7 Å². The fourth-order valence-corrected chi connectivity index (χ4v) is 1.52. The summed E-state index contributed by atoms with van der Waals surface area (Å²) in [5.74, 6) is -0.161. The summed E-state index contributed by atoms with van der Waals surface area (Å²) in [4.78, 5) is 11.7. The van der Waals surface area contributed by atoms with E-state index in [1.165, 1.54) is 0 Å². The highest BCUT2D eigenvalue weighted by Gasteiger charge is 2.22. The van der Waals surface area contributed by atoms with E-state index in [2.05, 4.69) is 10.6 Å². The molecule has 0 atom stereocenters. The third-order valence-corrected chi connectivity index (χ3v) is 2.67. The van der Waals surface area contributed by atoms with Gasteiger partial charge < -0.3 is 16.4 Å². The lowest BCUT2D eigenvalue weighted by Crippen LogP contribution is -2.41. The molecular formula is C12H16ClN3OS. The van der Waals surface area contributed by atoms with Gasteiger partial charge in [0.15, 0.2) is 5.11 Å². The van der Waals surface area contributed by atoms with Gasteiger partial charge in [-0.3, -0.25) is 4.79 Å². The number of nitrogens with two attached hydrogens (primary N) is 1. The summed E-state index contributed by atoms with van der Waals surface area (Å²) >= 11 is 11.0. The molecule has 0 aliphatic carbocycles. The molecule has 0 unspecified atom stereocenters. The maximum Gasteiger partial charge on any atom is 0.231 e. The van der Waals surface area contributed by atoms with Crippen LogP contribution >= 0.6 is 23.8 Å².